The van der Waals surface area contributed by atoms with Crippen molar-refractivity contribution >= 4 is 29.5 Å². The number of hydrogen-bond donors (Lipinski definition) is 1. The third-order valence-electron chi connectivity index (χ3n) is 6.73. The van der Waals surface area contributed by atoms with Crippen molar-refractivity contribution in [2.75, 3.05) is 26.5 Å². The van der Waals surface area contributed by atoms with Crippen molar-refractivity contribution in [2.24, 2.45) is 17.8 Å². The first-order chi connectivity index (χ1) is 14.3. The van der Waals surface area contributed by atoms with Crippen molar-refractivity contribution in [1.29, 1.82) is 0 Å². The van der Waals surface area contributed by atoms with E-state index in [2.05, 4.69) is 5.32 Å². The van der Waals surface area contributed by atoms with Crippen LogP contribution in [0, 0.1) is 17.8 Å². The second-order valence-electron chi connectivity index (χ2n) is 9.40. The maximum absolute atomic E-state index is 12.8. The zero-order valence-electron chi connectivity index (χ0n) is 17.7. The van der Waals surface area contributed by atoms with E-state index in [-0.39, 0.29) is 29.7 Å². The van der Waals surface area contributed by atoms with E-state index in [0.29, 0.717) is 10.5 Å². The average molecular weight is 431 g/mol. The second-order valence-corrected chi connectivity index (χ2v) is 10.4. The Morgan fingerprint density at radius 1 is 1.07 bits per heavy atom. The van der Waals surface area contributed by atoms with Gasteiger partial charge >= 0.3 is 5.97 Å². The second kappa shape index (κ2) is 8.61. The van der Waals surface area contributed by atoms with Gasteiger partial charge in [0.1, 0.15) is 0 Å². The smallest absolute Gasteiger partial charge is 0.339 e. The quantitative estimate of drug-likeness (QED) is 0.531. The molecule has 4 bridgehead atoms. The van der Waals surface area contributed by atoms with Crippen LogP contribution in [0.4, 0.5) is 0 Å². The number of carbonyl (C=O) groups excluding carboxylic acids is 3. The Labute approximate surface area is 182 Å². The van der Waals surface area contributed by atoms with E-state index in [1.165, 1.54) is 35.9 Å². The molecule has 0 unspecified atom stereocenters. The largest absolute Gasteiger partial charge is 0.452 e. The first-order valence-electron chi connectivity index (χ1n) is 10.7. The summed E-state index contributed by atoms with van der Waals surface area (Å²) in [4.78, 5) is 38.9. The Morgan fingerprint density at radius 3 is 2.27 bits per heavy atom. The summed E-state index contributed by atoms with van der Waals surface area (Å²) in [6.45, 7) is -0.294. The fraction of sp³-hybridized carbons (Fsp3) is 0.609. The molecule has 6 nitrogen and oxygen atoms in total. The fourth-order valence-electron chi connectivity index (χ4n) is 5.83. The number of nitrogens with one attached hydrogen (secondary N) is 1. The number of rotatable bonds is 7. The molecule has 0 heterocycles. The standard InChI is InChI=1S/C23H30N2O4S/c1-25(2)21(27)13-29-22(28)18-5-3-4-6-19(18)30-14-20(26)24-23-10-15-7-16(11-23)9-17(8-15)12-23/h3-6,15-17H,7-14H2,1-2H3,(H,24,26). The molecule has 0 atom stereocenters. The normalized spacial score (nSPS) is 28.8. The van der Waals surface area contributed by atoms with E-state index in [9.17, 15) is 14.4 Å². The summed E-state index contributed by atoms with van der Waals surface area (Å²) in [5.74, 6) is 1.83. The maximum atomic E-state index is 12.8. The summed E-state index contributed by atoms with van der Waals surface area (Å²) in [5.41, 5.74) is 0.383. The Morgan fingerprint density at radius 2 is 1.67 bits per heavy atom. The minimum Gasteiger partial charge on any atom is -0.452 e. The summed E-state index contributed by atoms with van der Waals surface area (Å²) in [6, 6.07) is 7.07. The van der Waals surface area contributed by atoms with Crippen LogP contribution < -0.4 is 5.32 Å². The van der Waals surface area contributed by atoms with Crippen molar-refractivity contribution in [1.82, 2.24) is 10.2 Å². The molecule has 4 fully saturated rings. The number of nitrogens with zero attached hydrogens (tertiary/aromatic N) is 1. The highest BCUT2D eigenvalue weighted by molar-refractivity contribution is 8.00. The molecule has 1 aromatic carbocycles. The van der Waals surface area contributed by atoms with Gasteiger partial charge in [-0.3, -0.25) is 9.59 Å². The molecule has 0 aromatic heterocycles. The van der Waals surface area contributed by atoms with Crippen LogP contribution in [0.1, 0.15) is 48.9 Å². The van der Waals surface area contributed by atoms with Gasteiger partial charge in [0.25, 0.3) is 5.91 Å². The summed E-state index contributed by atoms with van der Waals surface area (Å²) in [7, 11) is 3.23. The molecule has 2 amide bonds. The number of ether oxygens (including phenoxy) is 1. The fourth-order valence-corrected chi connectivity index (χ4v) is 6.67. The highest BCUT2D eigenvalue weighted by Gasteiger charge is 2.51. The highest BCUT2D eigenvalue weighted by Crippen LogP contribution is 2.55. The van der Waals surface area contributed by atoms with E-state index in [0.717, 1.165) is 37.0 Å². The Hall–Kier alpha value is -2.02. The molecule has 4 aliphatic carbocycles. The van der Waals surface area contributed by atoms with Crippen LogP contribution in [-0.4, -0.2) is 54.7 Å². The van der Waals surface area contributed by atoms with Crippen molar-refractivity contribution in [3.63, 3.8) is 0 Å². The van der Waals surface area contributed by atoms with Gasteiger partial charge < -0.3 is 15.0 Å². The number of carbonyl (C=O) groups is 3. The first kappa shape index (κ1) is 21.2. The molecule has 4 aliphatic rings. The number of amides is 2. The number of benzene rings is 1. The predicted octanol–water partition coefficient (Wildman–Crippen LogP) is 3.11. The zero-order valence-corrected chi connectivity index (χ0v) is 18.5. The lowest BCUT2D eigenvalue weighted by Crippen LogP contribution is -2.60. The number of hydrogen-bond acceptors (Lipinski definition) is 5. The summed E-state index contributed by atoms with van der Waals surface area (Å²) in [5, 5.41) is 3.37. The van der Waals surface area contributed by atoms with Crippen LogP contribution >= 0.6 is 11.8 Å². The SMILES string of the molecule is CN(C)C(=O)COC(=O)c1ccccc1SCC(=O)NC12CC3CC(CC(C3)C1)C2. The number of thioether (sulfide) groups is 1. The Bertz CT molecular complexity index is 803. The van der Waals surface area contributed by atoms with Crippen LogP contribution in [0.15, 0.2) is 29.2 Å². The van der Waals surface area contributed by atoms with Gasteiger partial charge in [0.15, 0.2) is 6.61 Å². The zero-order chi connectivity index (χ0) is 21.3. The molecule has 0 aliphatic heterocycles. The predicted molar refractivity (Wildman–Crippen MR) is 115 cm³/mol. The topological polar surface area (TPSA) is 75.7 Å². The lowest BCUT2D eigenvalue weighted by atomic mass is 9.53. The Balaban J connectivity index is 1.33. The molecule has 0 radical (unpaired) electrons. The monoisotopic (exact) mass is 430 g/mol. The molecule has 162 valence electrons. The summed E-state index contributed by atoms with van der Waals surface area (Å²) < 4.78 is 5.15. The molecule has 30 heavy (non-hydrogen) atoms. The van der Waals surface area contributed by atoms with E-state index >= 15 is 0 Å². The minimum atomic E-state index is -0.546. The van der Waals surface area contributed by atoms with Crippen LogP contribution in [0.5, 0.6) is 0 Å². The van der Waals surface area contributed by atoms with Gasteiger partial charge in [-0.2, -0.15) is 0 Å². The third kappa shape index (κ3) is 4.66. The molecule has 1 aromatic rings. The molecular weight excluding hydrogens is 400 g/mol. The molecule has 4 saturated carbocycles. The van der Waals surface area contributed by atoms with Gasteiger partial charge in [-0.1, -0.05) is 12.1 Å². The maximum Gasteiger partial charge on any atom is 0.339 e. The van der Waals surface area contributed by atoms with Gasteiger partial charge in [0, 0.05) is 24.5 Å². The van der Waals surface area contributed by atoms with Crippen molar-refractivity contribution in [3.8, 4) is 0 Å². The molecule has 0 spiro atoms. The van der Waals surface area contributed by atoms with Crippen LogP contribution in [0.3, 0.4) is 0 Å². The van der Waals surface area contributed by atoms with Gasteiger partial charge in [0.05, 0.1) is 11.3 Å². The molecule has 7 heteroatoms. The Kier molecular flexibility index (Phi) is 6.09. The molecule has 0 saturated heterocycles. The van der Waals surface area contributed by atoms with E-state index < -0.39 is 5.97 Å². The average Bonchev–Trinajstić information content (AvgIpc) is 2.69. The summed E-state index contributed by atoms with van der Waals surface area (Å²) >= 11 is 1.34. The molecule has 1 N–H and O–H groups in total. The van der Waals surface area contributed by atoms with Gasteiger partial charge in [-0.15, -0.1) is 11.8 Å². The van der Waals surface area contributed by atoms with Gasteiger partial charge in [-0.25, -0.2) is 4.79 Å². The van der Waals surface area contributed by atoms with Crippen molar-refractivity contribution in [3.05, 3.63) is 29.8 Å². The van der Waals surface area contributed by atoms with Crippen LogP contribution in [-0.2, 0) is 14.3 Å². The van der Waals surface area contributed by atoms with Gasteiger partial charge in [0.2, 0.25) is 5.91 Å². The first-order valence-corrected chi connectivity index (χ1v) is 11.7. The lowest BCUT2D eigenvalue weighted by Gasteiger charge is -2.56. The van der Waals surface area contributed by atoms with Crippen LogP contribution in [0.2, 0.25) is 0 Å². The van der Waals surface area contributed by atoms with Crippen LogP contribution in [0.25, 0.3) is 0 Å². The summed E-state index contributed by atoms with van der Waals surface area (Å²) in [6.07, 6.45) is 7.40. The van der Waals surface area contributed by atoms with E-state index in [4.69, 9.17) is 4.74 Å². The minimum absolute atomic E-state index is 0.00260. The molecular formula is C23H30N2O4S. The lowest BCUT2D eigenvalue weighted by molar-refractivity contribution is -0.132. The van der Waals surface area contributed by atoms with Crippen molar-refractivity contribution in [2.45, 2.75) is 49.0 Å². The number of esters is 1. The van der Waals surface area contributed by atoms with Crippen molar-refractivity contribution < 1.29 is 19.1 Å². The molecule has 5 rings (SSSR count). The van der Waals surface area contributed by atoms with E-state index in [1.807, 2.05) is 12.1 Å². The number of likely N-dealkylation sites (N-methyl/N-ethyl adjacent to an activating group) is 1. The van der Waals surface area contributed by atoms with E-state index in [1.54, 1.807) is 26.2 Å². The highest BCUT2D eigenvalue weighted by atomic mass is 32.2. The third-order valence-corrected chi connectivity index (χ3v) is 7.81. The van der Waals surface area contributed by atoms with Gasteiger partial charge in [-0.05, 0) is 68.4 Å².